The summed E-state index contributed by atoms with van der Waals surface area (Å²) in [5.74, 6) is -0.730. The smallest absolute Gasteiger partial charge is 0.329 e. The number of rotatable bonds is 7. The lowest BCUT2D eigenvalue weighted by Crippen LogP contribution is -2.54. The molecule has 33 heavy (non-hydrogen) atoms. The number of carboxylic acids is 1. The third-order valence-electron chi connectivity index (χ3n) is 5.84. The van der Waals surface area contributed by atoms with Gasteiger partial charge < -0.3 is 14.7 Å². The number of nitrogens with zero attached hydrogens (tertiary/aromatic N) is 1. The Labute approximate surface area is 199 Å². The van der Waals surface area contributed by atoms with E-state index in [0.717, 1.165) is 16.7 Å². The zero-order chi connectivity index (χ0) is 25.4. The molecule has 0 aliphatic carbocycles. The lowest BCUT2D eigenvalue weighted by Gasteiger charge is -2.38. The van der Waals surface area contributed by atoms with Crippen LogP contribution in [-0.4, -0.2) is 34.5 Å². The Morgan fingerprint density at radius 2 is 1.70 bits per heavy atom. The topological polar surface area (TPSA) is 66.8 Å². The first kappa shape index (κ1) is 28.0. The molecule has 5 nitrogen and oxygen atoms in total. The molecule has 0 bridgehead atoms. The molecule has 0 heterocycles. The molecule has 1 atom stereocenters. The average molecular weight is 454 g/mol. The van der Waals surface area contributed by atoms with Gasteiger partial charge in [0, 0.05) is 12.1 Å². The highest BCUT2D eigenvalue weighted by atomic mass is 16.5. The van der Waals surface area contributed by atoms with Crippen molar-refractivity contribution in [1.29, 1.82) is 0 Å². The van der Waals surface area contributed by atoms with Crippen LogP contribution in [0.2, 0.25) is 0 Å². The molecule has 180 valence electrons. The summed E-state index contributed by atoms with van der Waals surface area (Å²) in [4.78, 5) is 27.3. The predicted octanol–water partition coefficient (Wildman–Crippen LogP) is 6.39. The van der Waals surface area contributed by atoms with Gasteiger partial charge in [0.05, 0.1) is 7.11 Å². The number of hydrogen-bond donors (Lipinski definition) is 1. The highest BCUT2D eigenvalue weighted by Gasteiger charge is 2.41. The van der Waals surface area contributed by atoms with Crippen LogP contribution in [-0.2, 0) is 16.8 Å². The molecule has 0 fully saturated rings. The van der Waals surface area contributed by atoms with E-state index >= 15 is 0 Å². The molecule has 2 aromatic rings. The summed E-state index contributed by atoms with van der Waals surface area (Å²) in [5, 5.41) is 9.98. The molecule has 5 heteroatoms. The standard InChI is InChI=1S/C25H33NO4.C3H6/c1-8-25(6,23(28)29)26(16-19-12-10-9-11-17(19)2)22(27)18-13-14-20(24(3,4)5)21(15-18)30-7;1-3-2/h9-15H,8,16H2,1-7H3,(H,28,29);3H,1H2,2H3. The fraction of sp³-hybridized carbons (Fsp3) is 0.429. The maximum absolute atomic E-state index is 13.6. The van der Waals surface area contributed by atoms with Gasteiger partial charge in [-0.1, -0.05) is 64.1 Å². The van der Waals surface area contributed by atoms with Crippen LogP contribution in [0.25, 0.3) is 0 Å². The first-order valence-corrected chi connectivity index (χ1v) is 11.2. The first-order chi connectivity index (χ1) is 15.4. The zero-order valence-electron chi connectivity index (χ0n) is 21.4. The molecule has 0 aliphatic rings. The minimum Gasteiger partial charge on any atom is -0.496 e. The maximum atomic E-state index is 13.6. The van der Waals surface area contributed by atoms with Crippen LogP contribution < -0.4 is 4.74 Å². The van der Waals surface area contributed by atoms with E-state index in [4.69, 9.17) is 4.74 Å². The molecular weight excluding hydrogens is 414 g/mol. The summed E-state index contributed by atoms with van der Waals surface area (Å²) < 4.78 is 5.55. The van der Waals surface area contributed by atoms with Gasteiger partial charge in [-0.2, -0.15) is 0 Å². The molecule has 2 rings (SSSR count). The second-order valence-corrected chi connectivity index (χ2v) is 9.32. The zero-order valence-corrected chi connectivity index (χ0v) is 21.4. The molecule has 1 amide bonds. The van der Waals surface area contributed by atoms with Crippen molar-refractivity contribution in [1.82, 2.24) is 4.90 Å². The second kappa shape index (κ2) is 11.7. The van der Waals surface area contributed by atoms with Crippen LogP contribution in [0.1, 0.15) is 75.0 Å². The quantitative estimate of drug-likeness (QED) is 0.493. The van der Waals surface area contributed by atoms with E-state index < -0.39 is 11.5 Å². The number of carbonyl (C=O) groups excluding carboxylic acids is 1. The molecule has 2 aromatic carbocycles. The van der Waals surface area contributed by atoms with Gasteiger partial charge in [0.25, 0.3) is 5.91 Å². The van der Waals surface area contributed by atoms with E-state index in [1.54, 1.807) is 39.2 Å². The van der Waals surface area contributed by atoms with Crippen molar-refractivity contribution in [2.24, 2.45) is 0 Å². The van der Waals surface area contributed by atoms with Gasteiger partial charge in [-0.15, -0.1) is 6.58 Å². The van der Waals surface area contributed by atoms with Crippen molar-refractivity contribution < 1.29 is 19.4 Å². The van der Waals surface area contributed by atoms with E-state index in [1.165, 1.54) is 4.90 Å². The number of hydrogen-bond acceptors (Lipinski definition) is 3. The largest absolute Gasteiger partial charge is 0.496 e. The minimum absolute atomic E-state index is 0.146. The van der Waals surface area contributed by atoms with E-state index in [2.05, 4.69) is 27.4 Å². The minimum atomic E-state index is -1.34. The molecule has 1 N–H and O–H groups in total. The molecule has 0 spiro atoms. The van der Waals surface area contributed by atoms with Crippen LogP contribution >= 0.6 is 0 Å². The van der Waals surface area contributed by atoms with E-state index in [0.29, 0.717) is 11.3 Å². The number of benzene rings is 2. The maximum Gasteiger partial charge on any atom is 0.329 e. The second-order valence-electron chi connectivity index (χ2n) is 9.32. The summed E-state index contributed by atoms with van der Waals surface area (Å²) in [5.41, 5.74) is 1.85. The number of carboxylic acid groups (broad SMARTS) is 1. The number of carbonyl (C=O) groups is 2. The summed E-state index contributed by atoms with van der Waals surface area (Å²) in [6, 6.07) is 13.1. The Kier molecular flexibility index (Phi) is 9.90. The van der Waals surface area contributed by atoms with Crippen LogP contribution in [0.15, 0.2) is 55.1 Å². The molecule has 0 saturated heterocycles. The lowest BCUT2D eigenvalue weighted by molar-refractivity contribution is -0.149. The van der Waals surface area contributed by atoms with E-state index in [-0.39, 0.29) is 24.3 Å². The van der Waals surface area contributed by atoms with Crippen molar-refractivity contribution >= 4 is 11.9 Å². The van der Waals surface area contributed by atoms with Crippen LogP contribution in [0.5, 0.6) is 5.75 Å². The highest BCUT2D eigenvalue weighted by Crippen LogP contribution is 2.33. The predicted molar refractivity (Wildman–Crippen MR) is 135 cm³/mol. The van der Waals surface area contributed by atoms with Crippen molar-refractivity contribution in [2.45, 2.75) is 72.4 Å². The Bertz CT molecular complexity index is 974. The molecule has 0 saturated carbocycles. The number of methoxy groups -OCH3 is 1. The Morgan fingerprint density at radius 3 is 2.15 bits per heavy atom. The van der Waals surface area contributed by atoms with Crippen molar-refractivity contribution in [2.75, 3.05) is 7.11 Å². The third kappa shape index (κ3) is 6.70. The number of aryl methyl sites for hydroxylation is 1. The normalized spacial score (nSPS) is 12.6. The summed E-state index contributed by atoms with van der Waals surface area (Å²) in [6.07, 6.45) is 2.04. The van der Waals surface area contributed by atoms with Crippen LogP contribution in [0, 0.1) is 6.92 Å². The molecule has 1 unspecified atom stereocenters. The SMILES string of the molecule is C=CC.CCC(C)(C(=O)O)N(Cc1ccccc1C)C(=O)c1ccc(C(C)(C)C)c(OC)c1. The first-order valence-electron chi connectivity index (χ1n) is 11.2. The molecular formula is C28H39NO4. The number of allylic oxidation sites excluding steroid dienone is 1. The average Bonchev–Trinajstić information content (AvgIpc) is 2.76. The molecule has 0 radical (unpaired) electrons. The van der Waals surface area contributed by atoms with Gasteiger partial charge >= 0.3 is 5.97 Å². The number of ether oxygens (including phenoxy) is 1. The number of aliphatic carboxylic acids is 1. The van der Waals surface area contributed by atoms with Crippen molar-refractivity contribution in [3.05, 3.63) is 77.4 Å². The van der Waals surface area contributed by atoms with E-state index in [9.17, 15) is 14.7 Å². The lowest BCUT2D eigenvalue weighted by atomic mass is 9.85. The molecule has 0 aromatic heterocycles. The fourth-order valence-corrected chi connectivity index (χ4v) is 3.49. The monoisotopic (exact) mass is 453 g/mol. The van der Waals surface area contributed by atoms with Crippen molar-refractivity contribution in [3.63, 3.8) is 0 Å². The van der Waals surface area contributed by atoms with Gasteiger partial charge in [0.1, 0.15) is 11.3 Å². The van der Waals surface area contributed by atoms with Gasteiger partial charge in [0.2, 0.25) is 0 Å². The highest BCUT2D eigenvalue weighted by molar-refractivity contribution is 5.98. The van der Waals surface area contributed by atoms with Gasteiger partial charge in [-0.05, 0) is 61.4 Å². The van der Waals surface area contributed by atoms with Crippen LogP contribution in [0.3, 0.4) is 0 Å². The summed E-state index contributed by atoms with van der Waals surface area (Å²) in [7, 11) is 1.58. The Balaban J connectivity index is 0.00000172. The molecule has 0 aliphatic heterocycles. The summed E-state index contributed by atoms with van der Waals surface area (Å²) >= 11 is 0. The van der Waals surface area contributed by atoms with Gasteiger partial charge in [-0.3, -0.25) is 4.79 Å². The van der Waals surface area contributed by atoms with Gasteiger partial charge in [-0.25, -0.2) is 4.79 Å². The fourth-order valence-electron chi connectivity index (χ4n) is 3.49. The van der Waals surface area contributed by atoms with Crippen molar-refractivity contribution in [3.8, 4) is 5.75 Å². The van der Waals surface area contributed by atoms with Crippen LogP contribution in [0.4, 0.5) is 0 Å². The van der Waals surface area contributed by atoms with Gasteiger partial charge in [0.15, 0.2) is 0 Å². The number of amides is 1. The Hall–Kier alpha value is -3.08. The third-order valence-corrected chi connectivity index (χ3v) is 5.84. The Morgan fingerprint density at radius 1 is 1.12 bits per heavy atom. The van der Waals surface area contributed by atoms with E-state index in [1.807, 2.05) is 44.2 Å². The summed E-state index contributed by atoms with van der Waals surface area (Å²) in [6.45, 7) is 17.1.